The van der Waals surface area contributed by atoms with E-state index in [1.54, 1.807) is 25.1 Å². The summed E-state index contributed by atoms with van der Waals surface area (Å²) in [7, 11) is 0. The van der Waals surface area contributed by atoms with Crippen LogP contribution in [0.3, 0.4) is 0 Å². The van der Waals surface area contributed by atoms with Gasteiger partial charge in [-0.2, -0.15) is 0 Å². The molecule has 0 radical (unpaired) electrons. The highest BCUT2D eigenvalue weighted by Crippen LogP contribution is 2.36. The quantitative estimate of drug-likeness (QED) is 0.640. The van der Waals surface area contributed by atoms with Crippen molar-refractivity contribution >= 4 is 5.69 Å². The Hall–Kier alpha value is -1.82. The first-order valence-electron chi connectivity index (χ1n) is 6.98. The molecule has 110 valence electrons. The Balaban J connectivity index is 2.09. The Morgan fingerprint density at radius 1 is 1.35 bits per heavy atom. The predicted molar refractivity (Wildman–Crippen MR) is 75.4 cm³/mol. The lowest BCUT2D eigenvalue weighted by molar-refractivity contribution is -0.386. The number of nitrogens with zero attached hydrogens (tertiary/aromatic N) is 1. The van der Waals surface area contributed by atoms with E-state index >= 15 is 0 Å². The van der Waals surface area contributed by atoms with Crippen LogP contribution in [0.25, 0.3) is 0 Å². The standard InChI is InChI=1S/C14H20N2O4/c1-2-19-12-7-5-8-13(14(12)16(17)18)20-10-11-6-3-4-9-15-11/h5,7-8,11,15H,2-4,6,9-10H2,1H3. The second-order valence-corrected chi connectivity index (χ2v) is 4.75. The summed E-state index contributed by atoms with van der Waals surface area (Å²) in [5, 5.41) is 14.6. The fourth-order valence-electron chi connectivity index (χ4n) is 2.33. The van der Waals surface area contributed by atoms with E-state index in [4.69, 9.17) is 9.47 Å². The zero-order chi connectivity index (χ0) is 14.4. The van der Waals surface area contributed by atoms with Gasteiger partial charge in [-0.3, -0.25) is 10.1 Å². The van der Waals surface area contributed by atoms with E-state index in [0.717, 1.165) is 13.0 Å². The van der Waals surface area contributed by atoms with E-state index in [0.29, 0.717) is 13.2 Å². The number of ether oxygens (including phenoxy) is 2. The maximum absolute atomic E-state index is 11.2. The van der Waals surface area contributed by atoms with Crippen molar-refractivity contribution in [3.05, 3.63) is 28.3 Å². The van der Waals surface area contributed by atoms with Crippen molar-refractivity contribution in [1.29, 1.82) is 0 Å². The maximum Gasteiger partial charge on any atom is 0.352 e. The number of hydrogen-bond donors (Lipinski definition) is 1. The number of nitrogens with one attached hydrogen (secondary N) is 1. The summed E-state index contributed by atoms with van der Waals surface area (Å²) in [5.41, 5.74) is -0.0924. The fraction of sp³-hybridized carbons (Fsp3) is 0.571. The second kappa shape index (κ2) is 7.09. The Labute approximate surface area is 118 Å². The third-order valence-corrected chi connectivity index (χ3v) is 3.30. The molecule has 1 heterocycles. The van der Waals surface area contributed by atoms with Crippen molar-refractivity contribution in [2.24, 2.45) is 0 Å². The zero-order valence-electron chi connectivity index (χ0n) is 11.6. The largest absolute Gasteiger partial charge is 0.487 e. The number of benzene rings is 1. The van der Waals surface area contributed by atoms with E-state index in [1.807, 2.05) is 0 Å². The van der Waals surface area contributed by atoms with Crippen molar-refractivity contribution in [2.45, 2.75) is 32.2 Å². The Bertz CT molecular complexity index is 458. The van der Waals surface area contributed by atoms with E-state index in [9.17, 15) is 10.1 Å². The molecule has 1 saturated heterocycles. The molecule has 1 aromatic rings. The summed E-state index contributed by atoms with van der Waals surface area (Å²) < 4.78 is 10.9. The summed E-state index contributed by atoms with van der Waals surface area (Å²) in [4.78, 5) is 10.7. The summed E-state index contributed by atoms with van der Waals surface area (Å²) >= 11 is 0. The van der Waals surface area contributed by atoms with Gasteiger partial charge in [0.2, 0.25) is 11.5 Å². The number of piperidine rings is 1. The Kier molecular flexibility index (Phi) is 5.17. The van der Waals surface area contributed by atoms with Gasteiger partial charge in [0, 0.05) is 6.04 Å². The number of rotatable bonds is 6. The minimum Gasteiger partial charge on any atom is -0.487 e. The molecule has 0 aliphatic carbocycles. The van der Waals surface area contributed by atoms with Crippen LogP contribution in [0.1, 0.15) is 26.2 Å². The molecular formula is C14H20N2O4. The first kappa shape index (κ1) is 14.6. The molecule has 6 nitrogen and oxygen atoms in total. The molecule has 1 atom stereocenters. The summed E-state index contributed by atoms with van der Waals surface area (Å²) in [5.74, 6) is 0.528. The zero-order valence-corrected chi connectivity index (χ0v) is 11.6. The van der Waals surface area contributed by atoms with E-state index < -0.39 is 4.92 Å². The van der Waals surface area contributed by atoms with Gasteiger partial charge in [-0.1, -0.05) is 12.5 Å². The smallest absolute Gasteiger partial charge is 0.352 e. The molecule has 0 spiro atoms. The molecule has 1 aliphatic rings. The number of hydrogen-bond acceptors (Lipinski definition) is 5. The normalized spacial score (nSPS) is 18.6. The maximum atomic E-state index is 11.2. The van der Waals surface area contributed by atoms with Crippen LogP contribution in [0.5, 0.6) is 11.5 Å². The van der Waals surface area contributed by atoms with E-state index in [2.05, 4.69) is 5.32 Å². The molecule has 0 bridgehead atoms. The van der Waals surface area contributed by atoms with Gasteiger partial charge < -0.3 is 14.8 Å². The lowest BCUT2D eigenvalue weighted by Gasteiger charge is -2.23. The van der Waals surface area contributed by atoms with Gasteiger partial charge in [0.1, 0.15) is 6.61 Å². The van der Waals surface area contributed by atoms with E-state index in [1.165, 1.54) is 12.8 Å². The number of nitro benzene ring substituents is 1. The van der Waals surface area contributed by atoms with Crippen molar-refractivity contribution in [3.8, 4) is 11.5 Å². The van der Waals surface area contributed by atoms with Crippen LogP contribution in [-0.4, -0.2) is 30.7 Å². The van der Waals surface area contributed by atoms with Gasteiger partial charge in [0.05, 0.1) is 11.5 Å². The van der Waals surface area contributed by atoms with Crippen LogP contribution in [-0.2, 0) is 0 Å². The first-order chi connectivity index (χ1) is 9.72. The first-order valence-corrected chi connectivity index (χ1v) is 6.98. The van der Waals surface area contributed by atoms with Crippen molar-refractivity contribution in [3.63, 3.8) is 0 Å². The van der Waals surface area contributed by atoms with Crippen molar-refractivity contribution < 1.29 is 14.4 Å². The molecule has 1 unspecified atom stereocenters. The van der Waals surface area contributed by atoms with Gasteiger partial charge in [-0.25, -0.2) is 0 Å². The molecule has 6 heteroatoms. The minimum absolute atomic E-state index is 0.0924. The molecule has 1 fully saturated rings. The molecule has 1 N–H and O–H groups in total. The summed E-state index contributed by atoms with van der Waals surface area (Å²) in [6.45, 7) is 3.60. The van der Waals surface area contributed by atoms with Crippen LogP contribution < -0.4 is 14.8 Å². The van der Waals surface area contributed by atoms with Gasteiger partial charge in [-0.05, 0) is 38.4 Å². The lowest BCUT2D eigenvalue weighted by Crippen LogP contribution is -2.38. The highest BCUT2D eigenvalue weighted by molar-refractivity contribution is 5.57. The predicted octanol–water partition coefficient (Wildman–Crippen LogP) is 2.51. The SMILES string of the molecule is CCOc1cccc(OCC2CCCCN2)c1[N+](=O)[O-]. The molecule has 1 aliphatic heterocycles. The van der Waals surface area contributed by atoms with Crippen LogP contribution >= 0.6 is 0 Å². The highest BCUT2D eigenvalue weighted by Gasteiger charge is 2.23. The number of nitro groups is 1. The monoisotopic (exact) mass is 280 g/mol. The average molecular weight is 280 g/mol. The van der Waals surface area contributed by atoms with Crippen LogP contribution in [0.4, 0.5) is 5.69 Å². The number of para-hydroxylation sites is 1. The molecule has 0 saturated carbocycles. The average Bonchev–Trinajstić information content (AvgIpc) is 2.46. The van der Waals surface area contributed by atoms with E-state index in [-0.39, 0.29) is 23.2 Å². The van der Waals surface area contributed by atoms with Gasteiger partial charge in [-0.15, -0.1) is 0 Å². The molecule has 0 amide bonds. The third-order valence-electron chi connectivity index (χ3n) is 3.30. The van der Waals surface area contributed by atoms with Gasteiger partial charge in [0.15, 0.2) is 0 Å². The molecule has 20 heavy (non-hydrogen) atoms. The fourth-order valence-corrected chi connectivity index (χ4v) is 2.33. The Morgan fingerprint density at radius 3 is 2.70 bits per heavy atom. The second-order valence-electron chi connectivity index (χ2n) is 4.75. The summed E-state index contributed by atoms with van der Waals surface area (Å²) in [6.07, 6.45) is 3.39. The van der Waals surface area contributed by atoms with Crippen LogP contribution in [0.15, 0.2) is 18.2 Å². The minimum atomic E-state index is -0.450. The van der Waals surface area contributed by atoms with Crippen LogP contribution in [0, 0.1) is 10.1 Å². The highest BCUT2D eigenvalue weighted by atomic mass is 16.6. The van der Waals surface area contributed by atoms with Crippen molar-refractivity contribution in [2.75, 3.05) is 19.8 Å². The lowest BCUT2D eigenvalue weighted by atomic mass is 10.1. The molecule has 0 aromatic heterocycles. The van der Waals surface area contributed by atoms with Crippen LogP contribution in [0.2, 0.25) is 0 Å². The molecule has 2 rings (SSSR count). The topological polar surface area (TPSA) is 73.6 Å². The molecule has 1 aromatic carbocycles. The molecular weight excluding hydrogens is 260 g/mol. The Morgan fingerprint density at radius 2 is 2.10 bits per heavy atom. The van der Waals surface area contributed by atoms with Crippen molar-refractivity contribution in [1.82, 2.24) is 5.32 Å². The van der Waals surface area contributed by atoms with Gasteiger partial charge >= 0.3 is 5.69 Å². The third kappa shape index (κ3) is 3.60. The van der Waals surface area contributed by atoms with Gasteiger partial charge in [0.25, 0.3) is 0 Å². The summed E-state index contributed by atoms with van der Waals surface area (Å²) in [6, 6.07) is 5.18.